The van der Waals surface area contributed by atoms with Gasteiger partial charge in [0.15, 0.2) is 14.7 Å². The van der Waals surface area contributed by atoms with Crippen LogP contribution < -0.4 is 11.1 Å². The van der Waals surface area contributed by atoms with E-state index in [1.54, 1.807) is 36.6 Å². The van der Waals surface area contributed by atoms with E-state index < -0.39 is 26.5 Å². The van der Waals surface area contributed by atoms with Gasteiger partial charge in [-0.1, -0.05) is 48.6 Å². The van der Waals surface area contributed by atoms with Crippen LogP contribution >= 0.6 is 12.4 Å². The molecule has 0 saturated carbocycles. The van der Waals surface area contributed by atoms with Gasteiger partial charge in [-0.3, -0.25) is 9.78 Å². The molecule has 4 rings (SSSR count). The van der Waals surface area contributed by atoms with Crippen LogP contribution in [0.2, 0.25) is 0 Å². The number of halogens is 1. The monoisotopic (exact) mass is 529 g/mol. The molecule has 2 heterocycles. The molecule has 1 aliphatic heterocycles. The van der Waals surface area contributed by atoms with Crippen molar-refractivity contribution < 1.29 is 13.2 Å². The quantitative estimate of drug-likeness (QED) is 0.567. The Labute approximate surface area is 218 Å². The summed E-state index contributed by atoms with van der Waals surface area (Å²) in [5.74, 6) is -1.92. The third kappa shape index (κ3) is 6.22. The van der Waals surface area contributed by atoms with Crippen molar-refractivity contribution in [3.05, 3.63) is 90.9 Å². The first-order valence-corrected chi connectivity index (χ1v) is 13.2. The average molecular weight is 530 g/mol. The summed E-state index contributed by atoms with van der Waals surface area (Å²) in [7, 11) is -1.88. The van der Waals surface area contributed by atoms with E-state index in [0.29, 0.717) is 5.69 Å². The number of amides is 1. The zero-order chi connectivity index (χ0) is 24.9. The van der Waals surface area contributed by atoms with Gasteiger partial charge in [0.25, 0.3) is 0 Å². The lowest BCUT2D eigenvalue weighted by Gasteiger charge is -2.35. The molecule has 1 aliphatic carbocycles. The molecule has 0 bridgehead atoms. The van der Waals surface area contributed by atoms with Gasteiger partial charge in [0.1, 0.15) is 0 Å². The Kier molecular flexibility index (Phi) is 9.08. The molecule has 8 nitrogen and oxygen atoms in total. The molecule has 0 radical (unpaired) electrons. The van der Waals surface area contributed by atoms with Crippen LogP contribution in [0, 0.1) is 5.92 Å². The smallest absolute Gasteiger partial charge is 0.234 e. The van der Waals surface area contributed by atoms with Gasteiger partial charge < -0.3 is 20.9 Å². The first kappa shape index (κ1) is 27.6. The van der Waals surface area contributed by atoms with Crippen molar-refractivity contribution in [2.75, 3.05) is 44.3 Å². The third-order valence-corrected chi connectivity index (χ3v) is 8.48. The van der Waals surface area contributed by atoms with Crippen LogP contribution in [0.3, 0.4) is 0 Å². The number of rotatable bonds is 7. The summed E-state index contributed by atoms with van der Waals surface area (Å²) >= 11 is 0. The topological polar surface area (TPSA) is 109 Å². The minimum atomic E-state index is -3.94. The molecule has 192 valence electrons. The molecule has 1 amide bonds. The Morgan fingerprint density at radius 2 is 1.89 bits per heavy atom. The Bertz CT molecular complexity index is 1230. The number of sulfone groups is 1. The number of carbonyl (C=O) groups is 1. The fourth-order valence-corrected chi connectivity index (χ4v) is 5.65. The highest BCUT2D eigenvalue weighted by Gasteiger charge is 2.48. The molecular weight excluding hydrogens is 498 g/mol. The van der Waals surface area contributed by atoms with Crippen LogP contribution in [0.1, 0.15) is 5.56 Å². The number of nitrogens with zero attached hydrogens (tertiary/aromatic N) is 3. The van der Waals surface area contributed by atoms with Gasteiger partial charge in [-0.05, 0) is 42.6 Å². The minimum Gasteiger partial charge on any atom is -0.375 e. The van der Waals surface area contributed by atoms with Crippen LogP contribution in [0.25, 0.3) is 5.57 Å². The van der Waals surface area contributed by atoms with E-state index in [0.717, 1.165) is 37.3 Å². The van der Waals surface area contributed by atoms with Crippen molar-refractivity contribution in [3.8, 4) is 0 Å². The largest absolute Gasteiger partial charge is 0.375 e. The SMILES string of the molecule is CN1CCN(C=CCS(=O)(=O)C2(N)C=CC(c3ccccc3)=CC2C(=O)Nc2cccnc2)CC1.Cl. The molecule has 3 N–H and O–H groups in total. The van der Waals surface area contributed by atoms with Crippen LogP contribution in [0.15, 0.2) is 85.4 Å². The predicted octanol–water partition coefficient (Wildman–Crippen LogP) is 2.54. The van der Waals surface area contributed by atoms with E-state index in [1.165, 1.54) is 12.3 Å². The number of carbonyl (C=O) groups excluding carboxylic acids is 1. The van der Waals surface area contributed by atoms with E-state index >= 15 is 0 Å². The van der Waals surface area contributed by atoms with Gasteiger partial charge >= 0.3 is 0 Å². The maximum Gasteiger partial charge on any atom is 0.234 e. The van der Waals surface area contributed by atoms with Gasteiger partial charge in [-0.2, -0.15) is 0 Å². The molecule has 36 heavy (non-hydrogen) atoms. The van der Waals surface area contributed by atoms with Crippen molar-refractivity contribution in [2.45, 2.75) is 4.87 Å². The maximum absolute atomic E-state index is 13.5. The van der Waals surface area contributed by atoms with Crippen LogP contribution in [0.5, 0.6) is 0 Å². The average Bonchev–Trinajstić information content (AvgIpc) is 2.86. The lowest BCUT2D eigenvalue weighted by molar-refractivity contribution is -0.119. The summed E-state index contributed by atoms with van der Waals surface area (Å²) in [5, 5.41) is 2.77. The number of anilines is 1. The molecule has 1 fully saturated rings. The first-order valence-electron chi connectivity index (χ1n) is 11.6. The highest BCUT2D eigenvalue weighted by atomic mass is 35.5. The number of allylic oxidation sites excluding steroid dienone is 2. The van der Waals surface area contributed by atoms with Gasteiger partial charge in [0.2, 0.25) is 5.91 Å². The fraction of sp³-hybridized carbons (Fsp3) is 0.308. The summed E-state index contributed by atoms with van der Waals surface area (Å²) in [5.41, 5.74) is 8.64. The molecular formula is C26H32ClN5O3S. The van der Waals surface area contributed by atoms with Gasteiger partial charge in [0.05, 0.1) is 23.6 Å². The zero-order valence-corrected chi connectivity index (χ0v) is 21.8. The Balaban J connectivity index is 0.00000361. The minimum absolute atomic E-state index is 0. The molecule has 0 spiro atoms. The van der Waals surface area contributed by atoms with Crippen LogP contribution in [-0.4, -0.2) is 73.0 Å². The van der Waals surface area contributed by atoms with Crippen molar-refractivity contribution in [1.29, 1.82) is 0 Å². The summed E-state index contributed by atoms with van der Waals surface area (Å²) in [6, 6.07) is 12.9. The predicted molar refractivity (Wildman–Crippen MR) is 146 cm³/mol. The van der Waals surface area contributed by atoms with Gasteiger partial charge in [0, 0.05) is 32.4 Å². The van der Waals surface area contributed by atoms with Crippen molar-refractivity contribution in [3.63, 3.8) is 0 Å². The third-order valence-electron chi connectivity index (χ3n) is 6.38. The van der Waals surface area contributed by atoms with E-state index in [4.69, 9.17) is 5.73 Å². The fourth-order valence-electron chi connectivity index (χ4n) is 4.18. The lowest BCUT2D eigenvalue weighted by Crippen LogP contribution is -2.57. The van der Waals surface area contributed by atoms with E-state index in [2.05, 4.69) is 27.1 Å². The molecule has 1 aromatic carbocycles. The summed E-state index contributed by atoms with van der Waals surface area (Å²) < 4.78 is 27.1. The van der Waals surface area contributed by atoms with E-state index in [9.17, 15) is 13.2 Å². The molecule has 10 heteroatoms. The Morgan fingerprint density at radius 1 is 1.17 bits per heavy atom. The van der Waals surface area contributed by atoms with Crippen molar-refractivity contribution in [1.82, 2.24) is 14.8 Å². The number of benzene rings is 1. The second kappa shape index (κ2) is 11.8. The van der Waals surface area contributed by atoms with Crippen molar-refractivity contribution >= 4 is 39.4 Å². The number of likely N-dealkylation sites (N-methyl/N-ethyl adjacent to an activating group) is 1. The maximum atomic E-state index is 13.5. The second-order valence-corrected chi connectivity index (χ2v) is 11.2. The number of hydrogen-bond donors (Lipinski definition) is 2. The highest BCUT2D eigenvalue weighted by molar-refractivity contribution is 7.93. The van der Waals surface area contributed by atoms with Crippen LogP contribution in [0.4, 0.5) is 5.69 Å². The standard InChI is InChI=1S/C26H31N5O3S.ClH/c1-30-14-16-31(17-15-30)13-6-18-35(33,34)26(27)11-10-22(21-7-3-2-4-8-21)19-24(26)25(32)29-23-9-5-12-28-20-23;/h2-13,19-20,24H,14-18,27H2,1H3,(H,29,32);1H. The highest BCUT2D eigenvalue weighted by Crippen LogP contribution is 2.35. The number of hydrogen-bond acceptors (Lipinski definition) is 7. The summed E-state index contributed by atoms with van der Waals surface area (Å²) in [6.45, 7) is 3.51. The lowest BCUT2D eigenvalue weighted by atomic mass is 9.87. The number of nitrogens with one attached hydrogen (secondary N) is 1. The van der Waals surface area contributed by atoms with Crippen molar-refractivity contribution in [2.24, 2.45) is 11.7 Å². The van der Waals surface area contributed by atoms with E-state index in [1.807, 2.05) is 36.5 Å². The molecule has 2 aromatic rings. The summed E-state index contributed by atoms with van der Waals surface area (Å²) in [6.07, 6.45) is 11.3. The molecule has 2 aliphatic rings. The number of pyridine rings is 1. The molecule has 1 aromatic heterocycles. The number of nitrogens with two attached hydrogens (primary N) is 1. The van der Waals surface area contributed by atoms with Gasteiger partial charge in [-0.25, -0.2) is 8.42 Å². The normalized spacial score (nSPS) is 22.7. The second-order valence-electron chi connectivity index (χ2n) is 8.89. The number of aromatic nitrogens is 1. The Morgan fingerprint density at radius 3 is 2.56 bits per heavy atom. The number of piperazine rings is 1. The van der Waals surface area contributed by atoms with Crippen LogP contribution in [-0.2, 0) is 14.6 Å². The first-order chi connectivity index (χ1) is 16.8. The zero-order valence-electron chi connectivity index (χ0n) is 20.2. The molecule has 2 unspecified atom stereocenters. The summed E-state index contributed by atoms with van der Waals surface area (Å²) in [4.78, 5) is 19.8. The van der Waals surface area contributed by atoms with E-state index in [-0.39, 0.29) is 18.2 Å². The molecule has 2 atom stereocenters. The molecule has 1 saturated heterocycles. The Hall–Kier alpha value is -2.98. The van der Waals surface area contributed by atoms with Gasteiger partial charge in [-0.15, -0.1) is 12.4 Å².